The Hall–Kier alpha value is -3.47. The zero-order chi connectivity index (χ0) is 28.7. The van der Waals surface area contributed by atoms with E-state index < -0.39 is 23.5 Å². The summed E-state index contributed by atoms with van der Waals surface area (Å²) in [4.78, 5) is 64.4. The molecule has 0 bridgehead atoms. The molecular formula is C28H41N5O6. The third-order valence-corrected chi connectivity index (χ3v) is 7.33. The molecule has 11 nitrogen and oxygen atoms in total. The van der Waals surface area contributed by atoms with Crippen LogP contribution in [0.25, 0.3) is 0 Å². The lowest BCUT2D eigenvalue weighted by Crippen LogP contribution is -2.53. The molecular weight excluding hydrogens is 502 g/mol. The number of likely N-dealkylation sites (tertiary alicyclic amines) is 1. The minimum absolute atomic E-state index is 0.144. The number of nitrogens with zero attached hydrogens (tertiary/aromatic N) is 1. The van der Waals surface area contributed by atoms with Gasteiger partial charge in [-0.25, -0.2) is 0 Å². The van der Waals surface area contributed by atoms with E-state index in [1.165, 1.54) is 0 Å². The lowest BCUT2D eigenvalue weighted by Gasteiger charge is -2.35. The molecule has 2 aliphatic rings. The van der Waals surface area contributed by atoms with Crippen LogP contribution in [0.1, 0.15) is 58.9 Å². The first-order valence-electron chi connectivity index (χ1n) is 13.5. The fourth-order valence-corrected chi connectivity index (χ4v) is 4.75. The molecule has 2 aliphatic heterocycles. The van der Waals surface area contributed by atoms with Crippen molar-refractivity contribution >= 4 is 35.3 Å². The number of likely N-dealkylation sites (N-methyl/N-ethyl adjacent to an activating group) is 1. The van der Waals surface area contributed by atoms with Crippen molar-refractivity contribution in [3.05, 3.63) is 29.8 Å². The molecule has 0 unspecified atom stereocenters. The Kier molecular flexibility index (Phi) is 10.1. The second kappa shape index (κ2) is 13.1. The van der Waals surface area contributed by atoms with Crippen LogP contribution in [0.5, 0.6) is 0 Å². The van der Waals surface area contributed by atoms with Gasteiger partial charge in [0, 0.05) is 38.2 Å². The Morgan fingerprint density at radius 3 is 2.49 bits per heavy atom. The first-order valence-corrected chi connectivity index (χ1v) is 13.5. The standard InChI is InChI=1S/C28H41N5O6/c1-17(29-5)24(35)31-16-20(28(2,3)4)27(38)33-13-7-10-21(33)25(36)30-15-18-8-6-9-19(14-18)32-26(37)22-11-12-23(34)39-22/h6,8-9,14,17,20-22,29H,7,10-13,15-16H2,1-5H3,(H,30,36)(H,31,35)(H,32,37)/t17-,20+,21-,22+/m0/s1. The number of cyclic esters (lactones) is 1. The number of esters is 1. The van der Waals surface area contributed by atoms with Crippen LogP contribution in [0.15, 0.2) is 24.3 Å². The van der Waals surface area contributed by atoms with E-state index in [2.05, 4.69) is 21.3 Å². The second-order valence-electron chi connectivity index (χ2n) is 11.3. The van der Waals surface area contributed by atoms with Gasteiger partial charge >= 0.3 is 5.97 Å². The van der Waals surface area contributed by atoms with E-state index in [-0.39, 0.29) is 55.2 Å². The Morgan fingerprint density at radius 1 is 1.10 bits per heavy atom. The van der Waals surface area contributed by atoms with Gasteiger partial charge in [0.05, 0.1) is 12.0 Å². The van der Waals surface area contributed by atoms with Gasteiger partial charge in [0.1, 0.15) is 6.04 Å². The zero-order valence-electron chi connectivity index (χ0n) is 23.5. The molecule has 39 heavy (non-hydrogen) atoms. The topological polar surface area (TPSA) is 146 Å². The lowest BCUT2D eigenvalue weighted by atomic mass is 9.79. The molecule has 0 aromatic heterocycles. The molecule has 214 valence electrons. The van der Waals surface area contributed by atoms with Crippen molar-refractivity contribution < 1.29 is 28.7 Å². The molecule has 4 amide bonds. The highest BCUT2D eigenvalue weighted by Crippen LogP contribution is 2.30. The van der Waals surface area contributed by atoms with Crippen LogP contribution in [0.2, 0.25) is 0 Å². The molecule has 1 aromatic rings. The van der Waals surface area contributed by atoms with E-state index in [4.69, 9.17) is 4.74 Å². The summed E-state index contributed by atoms with van der Waals surface area (Å²) in [6.07, 6.45) is 1.08. The molecule has 11 heteroatoms. The van der Waals surface area contributed by atoms with Gasteiger partial charge in [-0.2, -0.15) is 0 Å². The van der Waals surface area contributed by atoms with Gasteiger partial charge in [0.15, 0.2) is 6.10 Å². The third kappa shape index (κ3) is 8.01. The average Bonchev–Trinajstić information content (AvgIpc) is 3.55. The number of rotatable bonds is 10. The van der Waals surface area contributed by atoms with Crippen molar-refractivity contribution in [1.29, 1.82) is 0 Å². The van der Waals surface area contributed by atoms with Gasteiger partial charge in [-0.15, -0.1) is 0 Å². The molecule has 0 saturated carbocycles. The van der Waals surface area contributed by atoms with Gasteiger partial charge in [-0.3, -0.25) is 24.0 Å². The number of hydrogen-bond donors (Lipinski definition) is 4. The molecule has 1 aromatic carbocycles. The first-order chi connectivity index (χ1) is 18.4. The van der Waals surface area contributed by atoms with Crippen LogP contribution in [-0.2, 0) is 35.3 Å². The number of nitrogens with one attached hydrogen (secondary N) is 4. The third-order valence-electron chi connectivity index (χ3n) is 7.33. The van der Waals surface area contributed by atoms with E-state index in [1.807, 2.05) is 26.8 Å². The molecule has 4 N–H and O–H groups in total. The Morgan fingerprint density at radius 2 is 1.85 bits per heavy atom. The summed E-state index contributed by atoms with van der Waals surface area (Å²) in [6.45, 7) is 8.51. The summed E-state index contributed by atoms with van der Waals surface area (Å²) < 4.78 is 5.01. The molecule has 2 saturated heterocycles. The maximum absolute atomic E-state index is 13.6. The van der Waals surface area contributed by atoms with E-state index in [9.17, 15) is 24.0 Å². The largest absolute Gasteiger partial charge is 0.452 e. The van der Waals surface area contributed by atoms with Crippen molar-refractivity contribution in [2.45, 2.75) is 78.1 Å². The van der Waals surface area contributed by atoms with Crippen molar-refractivity contribution in [3.63, 3.8) is 0 Å². The number of anilines is 1. The number of benzene rings is 1. The van der Waals surface area contributed by atoms with Crippen LogP contribution in [-0.4, -0.2) is 72.8 Å². The summed E-state index contributed by atoms with van der Waals surface area (Å²) in [5, 5.41) is 11.4. The molecule has 2 heterocycles. The van der Waals surface area contributed by atoms with Gasteiger partial charge in [0.2, 0.25) is 17.7 Å². The van der Waals surface area contributed by atoms with Gasteiger partial charge < -0.3 is 30.9 Å². The predicted octanol–water partition coefficient (Wildman–Crippen LogP) is 1.32. The molecule has 3 rings (SSSR count). The van der Waals surface area contributed by atoms with Crippen LogP contribution < -0.4 is 21.3 Å². The minimum Gasteiger partial charge on any atom is -0.452 e. The van der Waals surface area contributed by atoms with Crippen LogP contribution in [0, 0.1) is 11.3 Å². The van der Waals surface area contributed by atoms with Gasteiger partial charge in [0.25, 0.3) is 5.91 Å². The highest BCUT2D eigenvalue weighted by atomic mass is 16.6. The minimum atomic E-state index is -0.788. The Bertz CT molecular complexity index is 1080. The first kappa shape index (κ1) is 30.1. The van der Waals surface area contributed by atoms with Crippen molar-refractivity contribution in [2.75, 3.05) is 25.5 Å². The lowest BCUT2D eigenvalue weighted by molar-refractivity contribution is -0.146. The average molecular weight is 544 g/mol. The summed E-state index contributed by atoms with van der Waals surface area (Å²) in [6, 6.07) is 6.10. The van der Waals surface area contributed by atoms with Gasteiger partial charge in [-0.05, 0) is 49.9 Å². The van der Waals surface area contributed by atoms with E-state index >= 15 is 0 Å². The fraction of sp³-hybridized carbons (Fsp3) is 0.607. The van der Waals surface area contributed by atoms with E-state index in [0.717, 1.165) is 12.0 Å². The van der Waals surface area contributed by atoms with Gasteiger partial charge in [-0.1, -0.05) is 32.9 Å². The fourth-order valence-electron chi connectivity index (χ4n) is 4.75. The number of amides is 4. The maximum atomic E-state index is 13.6. The summed E-state index contributed by atoms with van der Waals surface area (Å²) in [5.74, 6) is -1.82. The Balaban J connectivity index is 1.59. The predicted molar refractivity (Wildman–Crippen MR) is 145 cm³/mol. The monoisotopic (exact) mass is 543 g/mol. The van der Waals surface area contributed by atoms with Crippen molar-refractivity contribution in [3.8, 4) is 0 Å². The smallest absolute Gasteiger partial charge is 0.306 e. The van der Waals surface area contributed by atoms with E-state index in [1.54, 1.807) is 37.1 Å². The van der Waals surface area contributed by atoms with E-state index in [0.29, 0.717) is 25.1 Å². The highest BCUT2D eigenvalue weighted by molar-refractivity contribution is 5.96. The normalized spacial score (nSPS) is 20.6. The second-order valence-corrected chi connectivity index (χ2v) is 11.3. The van der Waals surface area contributed by atoms with Crippen molar-refractivity contribution in [2.24, 2.45) is 11.3 Å². The Labute approximate surface area is 229 Å². The molecule has 0 aliphatic carbocycles. The molecule has 2 fully saturated rings. The molecule has 0 radical (unpaired) electrons. The highest BCUT2D eigenvalue weighted by Gasteiger charge is 2.41. The SMILES string of the molecule is CN[C@@H](C)C(=O)NC[C@H](C(=O)N1CCC[C@H]1C(=O)NCc1cccc(NC(=O)[C@H]2CCC(=O)O2)c1)C(C)(C)C. The maximum Gasteiger partial charge on any atom is 0.306 e. The summed E-state index contributed by atoms with van der Waals surface area (Å²) in [7, 11) is 1.70. The van der Waals surface area contributed by atoms with Crippen LogP contribution in [0.4, 0.5) is 5.69 Å². The zero-order valence-corrected chi connectivity index (χ0v) is 23.5. The van der Waals surface area contributed by atoms with Crippen LogP contribution in [0.3, 0.4) is 0 Å². The quantitative estimate of drug-likeness (QED) is 0.326. The number of carbonyl (C=O) groups is 5. The molecule has 0 spiro atoms. The number of ether oxygens (including phenoxy) is 1. The summed E-state index contributed by atoms with van der Waals surface area (Å²) in [5.41, 5.74) is 0.892. The molecule has 4 atom stereocenters. The number of hydrogen-bond acceptors (Lipinski definition) is 7. The van der Waals surface area contributed by atoms with Crippen LogP contribution >= 0.6 is 0 Å². The van der Waals surface area contributed by atoms with Crippen molar-refractivity contribution in [1.82, 2.24) is 20.9 Å². The summed E-state index contributed by atoms with van der Waals surface area (Å²) >= 11 is 0. The number of carbonyl (C=O) groups excluding carboxylic acids is 5.